The van der Waals surface area contributed by atoms with E-state index < -0.39 is 0 Å². The average molecular weight is 383 g/mol. The zero-order valence-electron chi connectivity index (χ0n) is 15.9. The van der Waals surface area contributed by atoms with Crippen molar-refractivity contribution in [3.8, 4) is 0 Å². The molecule has 0 radical (unpaired) electrons. The summed E-state index contributed by atoms with van der Waals surface area (Å²) in [7, 11) is 1.57. The van der Waals surface area contributed by atoms with Crippen LogP contribution in [0.1, 0.15) is 20.7 Å². The summed E-state index contributed by atoms with van der Waals surface area (Å²) >= 11 is 0. The summed E-state index contributed by atoms with van der Waals surface area (Å²) in [5.41, 5.74) is 2.49. The Morgan fingerprint density at radius 2 is 1.75 bits per heavy atom. The number of para-hydroxylation sites is 1. The summed E-state index contributed by atoms with van der Waals surface area (Å²) in [6.45, 7) is 3.95. The fraction of sp³-hybridized carbons (Fsp3) is 0.333. The minimum atomic E-state index is -0.259. The van der Waals surface area contributed by atoms with Crippen LogP contribution in [0.4, 0.5) is 11.4 Å². The van der Waals surface area contributed by atoms with Crippen molar-refractivity contribution in [1.29, 1.82) is 0 Å². The van der Waals surface area contributed by atoms with Crippen LogP contribution in [-0.4, -0.2) is 58.4 Å². The standard InChI is InChI=1S/C21H25N3O4/c1-27-13-10-22-21(26)18-4-2-3-5-19(18)23-20(25)16-6-8-17(9-7-16)24-11-14-28-15-12-24/h2-9H,10-15H2,1H3,(H,22,26)(H,23,25). The molecule has 28 heavy (non-hydrogen) atoms. The van der Waals surface area contributed by atoms with Gasteiger partial charge in [0.15, 0.2) is 0 Å². The lowest BCUT2D eigenvalue weighted by Gasteiger charge is -2.28. The van der Waals surface area contributed by atoms with Crippen LogP contribution in [0.2, 0.25) is 0 Å². The topological polar surface area (TPSA) is 79.9 Å². The molecule has 0 saturated carbocycles. The third kappa shape index (κ3) is 5.09. The second kappa shape index (κ2) is 9.87. The van der Waals surface area contributed by atoms with Crippen molar-refractivity contribution >= 4 is 23.2 Å². The lowest BCUT2D eigenvalue weighted by Crippen LogP contribution is -2.36. The molecule has 2 N–H and O–H groups in total. The predicted molar refractivity (Wildman–Crippen MR) is 108 cm³/mol. The highest BCUT2D eigenvalue weighted by molar-refractivity contribution is 6.09. The molecule has 1 saturated heterocycles. The molecule has 2 amide bonds. The first-order valence-corrected chi connectivity index (χ1v) is 9.29. The number of benzene rings is 2. The van der Waals surface area contributed by atoms with Gasteiger partial charge >= 0.3 is 0 Å². The quantitative estimate of drug-likeness (QED) is 0.716. The van der Waals surface area contributed by atoms with E-state index in [1.807, 2.05) is 12.1 Å². The van der Waals surface area contributed by atoms with Crippen LogP contribution in [0, 0.1) is 0 Å². The van der Waals surface area contributed by atoms with Gasteiger partial charge in [-0.25, -0.2) is 0 Å². The number of rotatable bonds is 7. The zero-order valence-corrected chi connectivity index (χ0v) is 15.9. The van der Waals surface area contributed by atoms with Gasteiger partial charge in [-0.3, -0.25) is 9.59 Å². The Balaban J connectivity index is 1.66. The van der Waals surface area contributed by atoms with E-state index in [0.29, 0.717) is 43.2 Å². The van der Waals surface area contributed by atoms with Gasteiger partial charge in [-0.2, -0.15) is 0 Å². The highest BCUT2D eigenvalue weighted by atomic mass is 16.5. The number of anilines is 2. The lowest BCUT2D eigenvalue weighted by molar-refractivity contribution is 0.0938. The summed E-state index contributed by atoms with van der Waals surface area (Å²) in [5.74, 6) is -0.513. The Hall–Kier alpha value is -2.90. The maximum absolute atomic E-state index is 12.6. The normalized spacial score (nSPS) is 13.8. The monoisotopic (exact) mass is 383 g/mol. The van der Waals surface area contributed by atoms with Crippen LogP contribution >= 0.6 is 0 Å². The maximum Gasteiger partial charge on any atom is 0.255 e. The van der Waals surface area contributed by atoms with Crippen LogP contribution in [0.5, 0.6) is 0 Å². The van der Waals surface area contributed by atoms with E-state index >= 15 is 0 Å². The third-order valence-corrected chi connectivity index (χ3v) is 4.52. The number of nitrogens with zero attached hydrogens (tertiary/aromatic N) is 1. The highest BCUT2D eigenvalue weighted by Gasteiger charge is 2.15. The molecule has 7 heteroatoms. The van der Waals surface area contributed by atoms with Crippen molar-refractivity contribution in [3.05, 3.63) is 59.7 Å². The largest absolute Gasteiger partial charge is 0.383 e. The summed E-state index contributed by atoms with van der Waals surface area (Å²) < 4.78 is 10.3. The second-order valence-corrected chi connectivity index (χ2v) is 6.39. The Morgan fingerprint density at radius 3 is 2.46 bits per heavy atom. The van der Waals surface area contributed by atoms with Crippen LogP contribution in [0.3, 0.4) is 0 Å². The van der Waals surface area contributed by atoms with Crippen molar-refractivity contribution in [2.24, 2.45) is 0 Å². The molecule has 1 fully saturated rings. The molecule has 2 aromatic rings. The Morgan fingerprint density at radius 1 is 1.04 bits per heavy atom. The first-order valence-electron chi connectivity index (χ1n) is 9.29. The Labute approximate surface area is 164 Å². The van der Waals surface area contributed by atoms with E-state index in [-0.39, 0.29) is 11.8 Å². The van der Waals surface area contributed by atoms with Gasteiger partial charge in [0.25, 0.3) is 11.8 Å². The van der Waals surface area contributed by atoms with Gasteiger partial charge in [0.2, 0.25) is 0 Å². The molecule has 1 heterocycles. The fourth-order valence-electron chi connectivity index (χ4n) is 2.99. The van der Waals surface area contributed by atoms with E-state index in [4.69, 9.17) is 9.47 Å². The van der Waals surface area contributed by atoms with E-state index in [0.717, 1.165) is 18.8 Å². The van der Waals surface area contributed by atoms with Gasteiger partial charge in [-0.05, 0) is 36.4 Å². The molecule has 3 rings (SSSR count). The first kappa shape index (κ1) is 19.9. The molecule has 2 aromatic carbocycles. The fourth-order valence-corrected chi connectivity index (χ4v) is 2.99. The number of carbonyl (C=O) groups is 2. The zero-order chi connectivity index (χ0) is 19.8. The Bertz CT molecular complexity index is 802. The van der Waals surface area contributed by atoms with Gasteiger partial charge in [0, 0.05) is 38.0 Å². The lowest BCUT2D eigenvalue weighted by atomic mass is 10.1. The van der Waals surface area contributed by atoms with Crippen molar-refractivity contribution in [1.82, 2.24) is 5.32 Å². The Kier molecular flexibility index (Phi) is 7.00. The molecule has 148 valence electrons. The van der Waals surface area contributed by atoms with Crippen molar-refractivity contribution < 1.29 is 19.1 Å². The van der Waals surface area contributed by atoms with Crippen molar-refractivity contribution in [2.45, 2.75) is 0 Å². The molecule has 0 aliphatic carbocycles. The van der Waals surface area contributed by atoms with Crippen LogP contribution in [-0.2, 0) is 9.47 Å². The molecule has 7 nitrogen and oxygen atoms in total. The molecule has 0 aromatic heterocycles. The predicted octanol–water partition coefficient (Wildman–Crippen LogP) is 2.15. The molecular formula is C21H25N3O4. The number of carbonyl (C=O) groups excluding carboxylic acids is 2. The van der Waals surface area contributed by atoms with Gasteiger partial charge in [0.1, 0.15) is 0 Å². The molecular weight excluding hydrogens is 358 g/mol. The number of ether oxygens (including phenoxy) is 2. The summed E-state index contributed by atoms with van der Waals surface area (Å²) in [5, 5.41) is 5.60. The van der Waals surface area contributed by atoms with Gasteiger partial charge in [-0.15, -0.1) is 0 Å². The number of hydrogen-bond acceptors (Lipinski definition) is 5. The number of nitrogens with one attached hydrogen (secondary N) is 2. The molecule has 0 atom stereocenters. The van der Waals surface area contributed by atoms with Gasteiger partial charge < -0.3 is 25.0 Å². The molecule has 0 bridgehead atoms. The smallest absolute Gasteiger partial charge is 0.255 e. The number of hydrogen-bond donors (Lipinski definition) is 2. The van der Waals surface area contributed by atoms with E-state index in [1.54, 1.807) is 43.5 Å². The van der Waals surface area contributed by atoms with Gasteiger partial charge in [0.05, 0.1) is 31.1 Å². The summed E-state index contributed by atoms with van der Waals surface area (Å²) in [6.07, 6.45) is 0. The van der Waals surface area contributed by atoms with Crippen LogP contribution < -0.4 is 15.5 Å². The van der Waals surface area contributed by atoms with Crippen molar-refractivity contribution in [2.75, 3.05) is 56.8 Å². The molecule has 1 aliphatic heterocycles. The highest BCUT2D eigenvalue weighted by Crippen LogP contribution is 2.19. The maximum atomic E-state index is 12.6. The summed E-state index contributed by atoms with van der Waals surface area (Å²) in [6, 6.07) is 14.4. The number of amides is 2. The summed E-state index contributed by atoms with van der Waals surface area (Å²) in [4.78, 5) is 27.2. The molecule has 1 aliphatic rings. The van der Waals surface area contributed by atoms with Crippen LogP contribution in [0.15, 0.2) is 48.5 Å². The van der Waals surface area contributed by atoms with Crippen molar-refractivity contribution in [3.63, 3.8) is 0 Å². The average Bonchev–Trinajstić information content (AvgIpc) is 2.75. The minimum absolute atomic E-state index is 0.254. The first-order chi connectivity index (χ1) is 13.7. The SMILES string of the molecule is COCCNC(=O)c1ccccc1NC(=O)c1ccc(N2CCOCC2)cc1. The molecule has 0 unspecified atom stereocenters. The van der Waals surface area contributed by atoms with Crippen LogP contribution in [0.25, 0.3) is 0 Å². The third-order valence-electron chi connectivity index (χ3n) is 4.52. The second-order valence-electron chi connectivity index (χ2n) is 6.39. The molecule has 0 spiro atoms. The number of morpholine rings is 1. The minimum Gasteiger partial charge on any atom is -0.383 e. The van der Waals surface area contributed by atoms with E-state index in [1.165, 1.54) is 0 Å². The van der Waals surface area contributed by atoms with E-state index in [9.17, 15) is 9.59 Å². The van der Waals surface area contributed by atoms with Gasteiger partial charge in [-0.1, -0.05) is 12.1 Å². The van der Waals surface area contributed by atoms with E-state index in [2.05, 4.69) is 15.5 Å². The number of methoxy groups -OCH3 is 1.